The quantitative estimate of drug-likeness (QED) is 0.158. The zero-order valence-corrected chi connectivity index (χ0v) is 21.7. The SMILES string of the molecule is C[C@@H](OCc1cc(F)cc(-c2cc(CCCCCCCCCCN)nn2-c2ccccc2F)c1)C(F)(F)F. The maximum atomic E-state index is 14.7. The van der Waals surface area contributed by atoms with Gasteiger partial charge in [-0.05, 0) is 74.7 Å². The fraction of sp³-hybridized carbons (Fsp3) is 0.483. The van der Waals surface area contributed by atoms with Crippen LogP contribution in [0.25, 0.3) is 16.9 Å². The van der Waals surface area contributed by atoms with Crippen LogP contribution in [0.1, 0.15) is 69.5 Å². The van der Waals surface area contributed by atoms with Crippen LogP contribution in [0.15, 0.2) is 48.5 Å². The molecule has 0 amide bonds. The molecule has 1 heterocycles. The molecule has 38 heavy (non-hydrogen) atoms. The molecule has 0 aliphatic carbocycles. The molecule has 0 radical (unpaired) electrons. The van der Waals surface area contributed by atoms with Crippen molar-refractivity contribution >= 4 is 0 Å². The molecule has 208 valence electrons. The lowest BCUT2D eigenvalue weighted by Gasteiger charge is -2.17. The monoisotopic (exact) mass is 537 g/mol. The number of ether oxygens (including phenoxy) is 1. The first-order valence-corrected chi connectivity index (χ1v) is 13.2. The zero-order chi connectivity index (χ0) is 27.5. The molecular formula is C29H36F5N3O. The summed E-state index contributed by atoms with van der Waals surface area (Å²) in [5, 5.41) is 4.61. The van der Waals surface area contributed by atoms with Crippen molar-refractivity contribution in [2.24, 2.45) is 5.73 Å². The van der Waals surface area contributed by atoms with Gasteiger partial charge in [0.05, 0.1) is 18.0 Å². The second-order valence-corrected chi connectivity index (χ2v) is 9.59. The van der Waals surface area contributed by atoms with Gasteiger partial charge in [-0.15, -0.1) is 0 Å². The third kappa shape index (κ3) is 8.91. The van der Waals surface area contributed by atoms with Gasteiger partial charge in [-0.3, -0.25) is 0 Å². The number of alkyl halides is 3. The van der Waals surface area contributed by atoms with Gasteiger partial charge >= 0.3 is 6.18 Å². The van der Waals surface area contributed by atoms with Crippen molar-refractivity contribution in [2.45, 2.75) is 83.6 Å². The second-order valence-electron chi connectivity index (χ2n) is 9.59. The molecule has 1 aromatic heterocycles. The minimum absolute atomic E-state index is 0.207. The lowest BCUT2D eigenvalue weighted by atomic mass is 10.0. The minimum Gasteiger partial charge on any atom is -0.364 e. The van der Waals surface area contributed by atoms with Gasteiger partial charge in [0, 0.05) is 5.56 Å². The van der Waals surface area contributed by atoms with E-state index in [1.54, 1.807) is 30.3 Å². The van der Waals surface area contributed by atoms with E-state index < -0.39 is 30.5 Å². The first-order valence-electron chi connectivity index (χ1n) is 13.2. The molecule has 0 aliphatic heterocycles. The number of nitrogens with two attached hydrogens (primary N) is 1. The summed E-state index contributed by atoms with van der Waals surface area (Å²) in [7, 11) is 0. The molecule has 3 rings (SSSR count). The van der Waals surface area contributed by atoms with Crippen LogP contribution < -0.4 is 5.73 Å². The Balaban J connectivity index is 1.76. The molecule has 9 heteroatoms. The van der Waals surface area contributed by atoms with E-state index in [0.29, 0.717) is 17.7 Å². The van der Waals surface area contributed by atoms with Crippen molar-refractivity contribution in [1.29, 1.82) is 0 Å². The molecule has 1 atom stereocenters. The van der Waals surface area contributed by atoms with Crippen LogP contribution in [-0.4, -0.2) is 28.6 Å². The van der Waals surface area contributed by atoms with Gasteiger partial charge in [-0.1, -0.05) is 50.7 Å². The van der Waals surface area contributed by atoms with E-state index in [9.17, 15) is 22.0 Å². The molecule has 2 aromatic carbocycles. The molecule has 2 N–H and O–H groups in total. The maximum absolute atomic E-state index is 14.7. The molecular weight excluding hydrogens is 501 g/mol. The van der Waals surface area contributed by atoms with Crippen LogP contribution in [0, 0.1) is 11.6 Å². The largest absolute Gasteiger partial charge is 0.414 e. The van der Waals surface area contributed by atoms with Crippen molar-refractivity contribution in [1.82, 2.24) is 9.78 Å². The summed E-state index contributed by atoms with van der Waals surface area (Å²) < 4.78 is 74.1. The lowest BCUT2D eigenvalue weighted by Crippen LogP contribution is -2.28. The topological polar surface area (TPSA) is 53.1 Å². The normalized spacial score (nSPS) is 12.7. The highest BCUT2D eigenvalue weighted by Gasteiger charge is 2.36. The third-order valence-electron chi connectivity index (χ3n) is 6.44. The number of rotatable bonds is 15. The molecule has 3 aromatic rings. The van der Waals surface area contributed by atoms with Crippen molar-refractivity contribution in [3.05, 3.63) is 71.4 Å². The average molecular weight is 538 g/mol. The zero-order valence-electron chi connectivity index (χ0n) is 21.7. The molecule has 0 bridgehead atoms. The molecule has 0 aliphatic rings. The van der Waals surface area contributed by atoms with Crippen LogP contribution in [0.3, 0.4) is 0 Å². The first-order chi connectivity index (χ1) is 18.2. The molecule has 0 saturated heterocycles. The van der Waals surface area contributed by atoms with Crippen molar-refractivity contribution < 1.29 is 26.7 Å². The standard InChI is InChI=1S/C29H36F5N3O/c1-21(29(32,33)34)38-20-22-16-23(18-24(30)17-22)28-19-25(12-8-6-4-2-3-5-7-11-15-35)36-37(28)27-14-10-9-13-26(27)31/h9-10,13-14,16-19,21H,2-8,11-12,15,20,35H2,1H3/t21-/m1/s1. The smallest absolute Gasteiger partial charge is 0.364 e. The van der Waals surface area contributed by atoms with Crippen LogP contribution in [0.5, 0.6) is 0 Å². The predicted octanol–water partition coefficient (Wildman–Crippen LogP) is 7.91. The molecule has 0 fully saturated rings. The summed E-state index contributed by atoms with van der Waals surface area (Å²) in [5.41, 5.74) is 7.54. The van der Waals surface area contributed by atoms with Gasteiger partial charge in [-0.2, -0.15) is 18.3 Å². The Labute approximate surface area is 221 Å². The Hall–Kier alpha value is -2.78. The van der Waals surface area contributed by atoms with Gasteiger partial charge < -0.3 is 10.5 Å². The highest BCUT2D eigenvalue weighted by atomic mass is 19.4. The maximum Gasteiger partial charge on any atom is 0.414 e. The van der Waals surface area contributed by atoms with Crippen LogP contribution >= 0.6 is 0 Å². The van der Waals surface area contributed by atoms with Crippen molar-refractivity contribution in [3.63, 3.8) is 0 Å². The van der Waals surface area contributed by atoms with E-state index in [1.165, 1.54) is 42.5 Å². The van der Waals surface area contributed by atoms with Gasteiger partial charge in [0.2, 0.25) is 0 Å². The summed E-state index contributed by atoms with van der Waals surface area (Å²) in [6.07, 6.45) is 3.04. The third-order valence-corrected chi connectivity index (χ3v) is 6.44. The highest BCUT2D eigenvalue weighted by Crippen LogP contribution is 2.29. The summed E-state index contributed by atoms with van der Waals surface area (Å²) in [6, 6.07) is 11.9. The predicted molar refractivity (Wildman–Crippen MR) is 139 cm³/mol. The van der Waals surface area contributed by atoms with Gasteiger partial charge in [0.15, 0.2) is 6.10 Å². The van der Waals surface area contributed by atoms with E-state index in [1.807, 2.05) is 0 Å². The average Bonchev–Trinajstić information content (AvgIpc) is 3.29. The molecule has 0 spiro atoms. The Morgan fingerprint density at radius 1 is 0.895 bits per heavy atom. The van der Waals surface area contributed by atoms with Gasteiger partial charge in [0.1, 0.15) is 17.3 Å². The number of hydrogen-bond donors (Lipinski definition) is 1. The summed E-state index contributed by atoms with van der Waals surface area (Å²) in [6.45, 7) is 1.23. The number of aryl methyl sites for hydroxylation is 1. The number of benzene rings is 2. The Morgan fingerprint density at radius 3 is 2.21 bits per heavy atom. The lowest BCUT2D eigenvalue weighted by molar-refractivity contribution is -0.217. The Bertz CT molecular complexity index is 1150. The number of nitrogens with zero attached hydrogens (tertiary/aromatic N) is 2. The molecule has 0 unspecified atom stereocenters. The van der Waals surface area contributed by atoms with Crippen molar-refractivity contribution in [3.8, 4) is 16.9 Å². The van der Waals surface area contributed by atoms with Crippen LogP contribution in [0.2, 0.25) is 0 Å². The number of para-hydroxylation sites is 1. The number of aromatic nitrogens is 2. The Kier molecular flexibility index (Phi) is 11.3. The van der Waals surface area contributed by atoms with E-state index >= 15 is 0 Å². The summed E-state index contributed by atoms with van der Waals surface area (Å²) in [5.74, 6) is -1.12. The fourth-order valence-corrected chi connectivity index (χ4v) is 4.27. The Morgan fingerprint density at radius 2 is 1.55 bits per heavy atom. The van der Waals surface area contributed by atoms with Gasteiger partial charge in [0.25, 0.3) is 0 Å². The first kappa shape index (κ1) is 29.8. The van der Waals surface area contributed by atoms with Crippen molar-refractivity contribution in [2.75, 3.05) is 6.54 Å². The number of halogens is 5. The van der Waals surface area contributed by atoms with E-state index in [4.69, 9.17) is 10.5 Å². The highest BCUT2D eigenvalue weighted by molar-refractivity contribution is 5.64. The fourth-order valence-electron chi connectivity index (χ4n) is 4.27. The summed E-state index contributed by atoms with van der Waals surface area (Å²) in [4.78, 5) is 0. The van der Waals surface area contributed by atoms with E-state index in [-0.39, 0.29) is 11.3 Å². The van der Waals surface area contributed by atoms with Crippen LogP contribution in [0.4, 0.5) is 22.0 Å². The second kappa shape index (κ2) is 14.4. The molecule has 0 saturated carbocycles. The number of unbranched alkanes of at least 4 members (excludes halogenated alkanes) is 7. The minimum atomic E-state index is -4.51. The van der Waals surface area contributed by atoms with Crippen LogP contribution in [-0.2, 0) is 17.8 Å². The summed E-state index contributed by atoms with van der Waals surface area (Å²) >= 11 is 0. The van der Waals surface area contributed by atoms with E-state index in [0.717, 1.165) is 50.9 Å². The molecule has 4 nitrogen and oxygen atoms in total. The van der Waals surface area contributed by atoms with Gasteiger partial charge in [-0.25, -0.2) is 13.5 Å². The number of hydrogen-bond acceptors (Lipinski definition) is 3. The van der Waals surface area contributed by atoms with E-state index in [2.05, 4.69) is 5.10 Å².